The Balaban J connectivity index is 2.28. The molecule has 3 atom stereocenters. The number of aryl methyl sites for hydroxylation is 2. The fraction of sp³-hybridized carbons (Fsp3) is 0.571. The van der Waals surface area contributed by atoms with Crippen LogP contribution in [-0.2, 0) is 4.74 Å². The van der Waals surface area contributed by atoms with Crippen molar-refractivity contribution in [2.45, 2.75) is 39.3 Å². The van der Waals surface area contributed by atoms with Crippen molar-refractivity contribution in [3.05, 3.63) is 34.9 Å². The van der Waals surface area contributed by atoms with E-state index in [1.54, 1.807) is 0 Å². The lowest BCUT2D eigenvalue weighted by atomic mass is 9.91. The van der Waals surface area contributed by atoms with Gasteiger partial charge in [-0.2, -0.15) is 0 Å². The van der Waals surface area contributed by atoms with Gasteiger partial charge in [0.2, 0.25) is 0 Å². The zero-order chi connectivity index (χ0) is 12.4. The quantitative estimate of drug-likeness (QED) is 0.623. The highest BCUT2D eigenvalue weighted by molar-refractivity contribution is 5.31. The van der Waals surface area contributed by atoms with Crippen molar-refractivity contribution < 1.29 is 4.74 Å². The maximum Gasteiger partial charge on any atom is 0.0808 e. The maximum absolute atomic E-state index is 5.81. The predicted octanol–water partition coefficient (Wildman–Crippen LogP) is 2.23. The van der Waals surface area contributed by atoms with Crippen molar-refractivity contribution in [2.75, 3.05) is 6.61 Å². The summed E-state index contributed by atoms with van der Waals surface area (Å²) >= 11 is 0. The van der Waals surface area contributed by atoms with Crippen LogP contribution >= 0.6 is 0 Å². The van der Waals surface area contributed by atoms with E-state index < -0.39 is 0 Å². The molecule has 0 amide bonds. The SMILES string of the molecule is Cc1cc(C)cc(C(NN)C2OCCC2C)c1. The Hall–Kier alpha value is -0.900. The second-order valence-corrected chi connectivity index (χ2v) is 5.17. The Morgan fingerprint density at radius 1 is 1.29 bits per heavy atom. The van der Waals surface area contributed by atoms with Crippen molar-refractivity contribution in [1.29, 1.82) is 0 Å². The molecule has 0 aromatic heterocycles. The van der Waals surface area contributed by atoms with Crippen LogP contribution in [0.3, 0.4) is 0 Å². The minimum atomic E-state index is 0.0890. The molecule has 0 saturated carbocycles. The van der Waals surface area contributed by atoms with Crippen LogP contribution in [0.2, 0.25) is 0 Å². The zero-order valence-corrected chi connectivity index (χ0v) is 10.9. The minimum absolute atomic E-state index is 0.0890. The smallest absolute Gasteiger partial charge is 0.0808 e. The van der Waals surface area contributed by atoms with Crippen LogP contribution in [0.15, 0.2) is 18.2 Å². The van der Waals surface area contributed by atoms with Gasteiger partial charge in [-0.3, -0.25) is 11.3 Å². The van der Waals surface area contributed by atoms with Gasteiger partial charge >= 0.3 is 0 Å². The lowest BCUT2D eigenvalue weighted by Crippen LogP contribution is -2.38. The number of nitrogens with two attached hydrogens (primary N) is 1. The number of nitrogens with one attached hydrogen (secondary N) is 1. The largest absolute Gasteiger partial charge is 0.376 e. The number of rotatable bonds is 3. The first-order valence-electron chi connectivity index (χ1n) is 6.27. The van der Waals surface area contributed by atoms with E-state index in [1.165, 1.54) is 16.7 Å². The summed E-state index contributed by atoms with van der Waals surface area (Å²) in [5.41, 5.74) is 6.68. The number of ether oxygens (including phenoxy) is 1. The standard InChI is InChI=1S/C14H22N2O/c1-9-6-10(2)8-12(7-9)13(16-15)14-11(3)4-5-17-14/h6-8,11,13-14,16H,4-5,15H2,1-3H3. The van der Waals surface area contributed by atoms with Crippen LogP contribution in [-0.4, -0.2) is 12.7 Å². The molecule has 1 aliphatic rings. The predicted molar refractivity (Wildman–Crippen MR) is 69.5 cm³/mol. The van der Waals surface area contributed by atoms with Gasteiger partial charge in [0.1, 0.15) is 0 Å². The van der Waals surface area contributed by atoms with E-state index in [2.05, 4.69) is 44.4 Å². The normalized spacial score (nSPS) is 26.1. The van der Waals surface area contributed by atoms with Crippen LogP contribution in [0, 0.1) is 19.8 Å². The fourth-order valence-electron chi connectivity index (χ4n) is 2.71. The summed E-state index contributed by atoms with van der Waals surface area (Å²) < 4.78 is 5.81. The lowest BCUT2D eigenvalue weighted by Gasteiger charge is -2.26. The molecule has 0 spiro atoms. The molecule has 0 aliphatic carbocycles. The average molecular weight is 234 g/mol. The lowest BCUT2D eigenvalue weighted by molar-refractivity contribution is 0.0607. The molecule has 1 saturated heterocycles. The molecule has 3 unspecified atom stereocenters. The van der Waals surface area contributed by atoms with Crippen LogP contribution in [0.4, 0.5) is 0 Å². The molecule has 1 heterocycles. The van der Waals surface area contributed by atoms with Crippen LogP contribution in [0.25, 0.3) is 0 Å². The third-order valence-electron chi connectivity index (χ3n) is 3.56. The highest BCUT2D eigenvalue weighted by Gasteiger charge is 2.32. The highest BCUT2D eigenvalue weighted by Crippen LogP contribution is 2.31. The van der Waals surface area contributed by atoms with Gasteiger partial charge in [-0.1, -0.05) is 36.2 Å². The van der Waals surface area contributed by atoms with Crippen molar-refractivity contribution in [3.63, 3.8) is 0 Å². The Kier molecular flexibility index (Phi) is 3.82. The van der Waals surface area contributed by atoms with Gasteiger partial charge in [0.25, 0.3) is 0 Å². The number of hydrogen-bond acceptors (Lipinski definition) is 3. The summed E-state index contributed by atoms with van der Waals surface area (Å²) in [6.07, 6.45) is 1.30. The first-order chi connectivity index (χ1) is 8.11. The van der Waals surface area contributed by atoms with E-state index >= 15 is 0 Å². The summed E-state index contributed by atoms with van der Waals surface area (Å²) in [7, 11) is 0. The summed E-state index contributed by atoms with van der Waals surface area (Å²) in [4.78, 5) is 0. The Morgan fingerprint density at radius 2 is 1.94 bits per heavy atom. The molecule has 1 aromatic rings. The zero-order valence-electron chi connectivity index (χ0n) is 10.9. The van der Waals surface area contributed by atoms with E-state index in [1.807, 2.05) is 0 Å². The summed E-state index contributed by atoms with van der Waals surface area (Å²) in [6, 6.07) is 6.64. The van der Waals surface area contributed by atoms with Gasteiger partial charge in [-0.15, -0.1) is 0 Å². The third kappa shape index (κ3) is 2.68. The Bertz CT molecular complexity index is 372. The van der Waals surface area contributed by atoms with Gasteiger partial charge in [0.05, 0.1) is 12.1 Å². The van der Waals surface area contributed by atoms with Crippen molar-refractivity contribution in [3.8, 4) is 0 Å². The maximum atomic E-state index is 5.81. The summed E-state index contributed by atoms with van der Waals surface area (Å²) in [6.45, 7) is 7.30. The van der Waals surface area contributed by atoms with E-state index in [-0.39, 0.29) is 12.1 Å². The van der Waals surface area contributed by atoms with E-state index in [9.17, 15) is 0 Å². The van der Waals surface area contributed by atoms with E-state index in [4.69, 9.17) is 10.6 Å². The van der Waals surface area contributed by atoms with Gasteiger partial charge in [-0.25, -0.2) is 0 Å². The van der Waals surface area contributed by atoms with Crippen molar-refractivity contribution in [2.24, 2.45) is 11.8 Å². The Labute approximate surface area is 103 Å². The molecule has 1 fully saturated rings. The summed E-state index contributed by atoms with van der Waals surface area (Å²) in [5.74, 6) is 6.27. The first-order valence-corrected chi connectivity index (χ1v) is 6.27. The topological polar surface area (TPSA) is 47.3 Å². The molecule has 3 N–H and O–H groups in total. The van der Waals surface area contributed by atoms with Crippen LogP contribution < -0.4 is 11.3 Å². The third-order valence-corrected chi connectivity index (χ3v) is 3.56. The van der Waals surface area contributed by atoms with Crippen molar-refractivity contribution in [1.82, 2.24) is 5.43 Å². The van der Waals surface area contributed by atoms with Crippen molar-refractivity contribution >= 4 is 0 Å². The minimum Gasteiger partial charge on any atom is -0.376 e. The molecule has 3 nitrogen and oxygen atoms in total. The molecular weight excluding hydrogens is 212 g/mol. The van der Waals surface area contributed by atoms with Gasteiger partial charge in [0.15, 0.2) is 0 Å². The van der Waals surface area contributed by atoms with Crippen LogP contribution in [0.1, 0.15) is 36.1 Å². The molecule has 0 bridgehead atoms. The molecule has 94 valence electrons. The second-order valence-electron chi connectivity index (χ2n) is 5.17. The molecule has 0 radical (unpaired) electrons. The molecular formula is C14H22N2O. The van der Waals surface area contributed by atoms with Crippen LogP contribution in [0.5, 0.6) is 0 Å². The molecule has 17 heavy (non-hydrogen) atoms. The molecule has 1 aliphatic heterocycles. The average Bonchev–Trinajstić information content (AvgIpc) is 2.65. The monoisotopic (exact) mass is 234 g/mol. The van der Waals surface area contributed by atoms with Gasteiger partial charge < -0.3 is 4.74 Å². The molecule has 1 aromatic carbocycles. The molecule has 3 heteroatoms. The fourth-order valence-corrected chi connectivity index (χ4v) is 2.71. The Morgan fingerprint density at radius 3 is 2.41 bits per heavy atom. The number of hydrazine groups is 1. The van der Waals surface area contributed by atoms with E-state index in [0.29, 0.717) is 5.92 Å². The number of hydrogen-bond donors (Lipinski definition) is 2. The number of benzene rings is 1. The summed E-state index contributed by atoms with van der Waals surface area (Å²) in [5, 5.41) is 0. The van der Waals surface area contributed by atoms with Gasteiger partial charge in [-0.05, 0) is 31.7 Å². The highest BCUT2D eigenvalue weighted by atomic mass is 16.5. The molecule has 2 rings (SSSR count). The first kappa shape index (κ1) is 12.6. The van der Waals surface area contributed by atoms with Gasteiger partial charge in [0, 0.05) is 6.61 Å². The second kappa shape index (κ2) is 5.17. The van der Waals surface area contributed by atoms with E-state index in [0.717, 1.165) is 13.0 Å².